The molecule has 0 amide bonds. The van der Waals surface area contributed by atoms with Crippen LogP contribution in [0, 0.1) is 17.0 Å². The second-order valence-corrected chi connectivity index (χ2v) is 10.5. The molecule has 3 aromatic rings. The van der Waals surface area contributed by atoms with Gasteiger partial charge in [0.05, 0.1) is 13.5 Å². The number of carboxylic acid groups (broad SMARTS) is 1. The molecule has 0 spiro atoms. The van der Waals surface area contributed by atoms with Gasteiger partial charge in [0.2, 0.25) is 0 Å². The monoisotopic (exact) mass is 520 g/mol. The van der Waals surface area contributed by atoms with Gasteiger partial charge in [0, 0.05) is 11.6 Å². The lowest BCUT2D eigenvalue weighted by molar-refractivity contribution is -0.137. The SMILES string of the molecule is CC[C@H](CC(=O)O)c1cc(F)cc(OCc2ccc(-c3cc(OC)ccc3F)c(C3=CCCC3(C)C)c2)c1. The van der Waals surface area contributed by atoms with Crippen molar-refractivity contribution < 1.29 is 28.2 Å². The van der Waals surface area contributed by atoms with Gasteiger partial charge in [0.15, 0.2) is 0 Å². The number of benzene rings is 3. The summed E-state index contributed by atoms with van der Waals surface area (Å²) < 4.78 is 40.7. The van der Waals surface area contributed by atoms with Crippen LogP contribution >= 0.6 is 0 Å². The molecule has 6 heteroatoms. The van der Waals surface area contributed by atoms with Gasteiger partial charge < -0.3 is 14.6 Å². The van der Waals surface area contributed by atoms with E-state index in [1.807, 2.05) is 25.1 Å². The second-order valence-electron chi connectivity index (χ2n) is 10.5. The van der Waals surface area contributed by atoms with Crippen LogP contribution in [0.1, 0.15) is 69.1 Å². The number of allylic oxidation sites excluding steroid dienone is 2. The van der Waals surface area contributed by atoms with Crippen LogP contribution in [0.2, 0.25) is 0 Å². The minimum absolute atomic E-state index is 0.0691. The maximum atomic E-state index is 15.0. The predicted molar refractivity (Wildman–Crippen MR) is 145 cm³/mol. The summed E-state index contributed by atoms with van der Waals surface area (Å²) in [5.41, 5.74) is 4.73. The average Bonchev–Trinajstić information content (AvgIpc) is 3.24. The zero-order valence-electron chi connectivity index (χ0n) is 22.3. The van der Waals surface area contributed by atoms with Crippen molar-refractivity contribution in [3.8, 4) is 22.6 Å². The first kappa shape index (κ1) is 27.4. The van der Waals surface area contributed by atoms with Gasteiger partial charge in [-0.2, -0.15) is 0 Å². The fourth-order valence-corrected chi connectivity index (χ4v) is 5.22. The van der Waals surface area contributed by atoms with Crippen LogP contribution in [-0.4, -0.2) is 18.2 Å². The molecule has 0 heterocycles. The molecule has 1 atom stereocenters. The van der Waals surface area contributed by atoms with Crippen molar-refractivity contribution in [2.75, 3.05) is 7.11 Å². The van der Waals surface area contributed by atoms with Gasteiger partial charge in [-0.1, -0.05) is 39.0 Å². The molecule has 4 rings (SSSR count). The minimum atomic E-state index is -0.923. The van der Waals surface area contributed by atoms with Gasteiger partial charge in [0.25, 0.3) is 0 Å². The van der Waals surface area contributed by atoms with E-state index in [1.165, 1.54) is 18.2 Å². The van der Waals surface area contributed by atoms with Crippen molar-refractivity contribution in [1.29, 1.82) is 0 Å². The number of halogens is 2. The van der Waals surface area contributed by atoms with Gasteiger partial charge in [-0.05, 0) is 94.8 Å². The molecule has 0 aliphatic heterocycles. The number of hydrogen-bond donors (Lipinski definition) is 1. The van der Waals surface area contributed by atoms with Crippen molar-refractivity contribution in [2.24, 2.45) is 5.41 Å². The quantitative estimate of drug-likeness (QED) is 0.292. The van der Waals surface area contributed by atoms with Gasteiger partial charge in [0.1, 0.15) is 29.7 Å². The van der Waals surface area contributed by atoms with Crippen LogP contribution in [0.3, 0.4) is 0 Å². The van der Waals surface area contributed by atoms with Gasteiger partial charge >= 0.3 is 5.97 Å². The van der Waals surface area contributed by atoms with Crippen LogP contribution in [-0.2, 0) is 11.4 Å². The van der Waals surface area contributed by atoms with E-state index in [2.05, 4.69) is 19.9 Å². The standard InChI is InChI=1S/C32H34F2O4/c1-5-21(16-31(35)36)22-14-23(33)17-25(15-22)38-19-20-8-10-26(28-18-24(37-4)9-11-30(28)34)27(13-20)29-7-6-12-32(29,2)3/h7-11,13-15,17-18,21H,5-6,12,16,19H2,1-4H3,(H,35,36)/t21-/m1/s1. The second kappa shape index (κ2) is 11.4. The Hall–Kier alpha value is -3.67. The van der Waals surface area contributed by atoms with Gasteiger partial charge in [-0.25, -0.2) is 8.78 Å². The molecular formula is C32H34F2O4. The Morgan fingerprint density at radius 2 is 1.79 bits per heavy atom. The Balaban J connectivity index is 1.68. The van der Waals surface area contributed by atoms with Crippen molar-refractivity contribution in [1.82, 2.24) is 0 Å². The highest BCUT2D eigenvalue weighted by Crippen LogP contribution is 2.47. The number of rotatable bonds is 10. The third kappa shape index (κ3) is 6.07. The smallest absolute Gasteiger partial charge is 0.303 e. The Morgan fingerprint density at radius 3 is 2.45 bits per heavy atom. The minimum Gasteiger partial charge on any atom is -0.497 e. The molecule has 0 aromatic heterocycles. The highest BCUT2D eigenvalue weighted by Gasteiger charge is 2.30. The van der Waals surface area contributed by atoms with Crippen LogP contribution in [0.5, 0.6) is 11.5 Å². The number of carbonyl (C=O) groups is 1. The summed E-state index contributed by atoms with van der Waals surface area (Å²) in [6.45, 7) is 6.44. The summed E-state index contributed by atoms with van der Waals surface area (Å²) in [6.07, 6.45) is 4.67. The van der Waals surface area contributed by atoms with Crippen molar-refractivity contribution in [2.45, 2.75) is 59.0 Å². The van der Waals surface area contributed by atoms with Crippen LogP contribution < -0.4 is 9.47 Å². The maximum Gasteiger partial charge on any atom is 0.303 e. The number of methoxy groups -OCH3 is 1. The topological polar surface area (TPSA) is 55.8 Å². The first-order chi connectivity index (χ1) is 18.1. The molecule has 1 aliphatic rings. The average molecular weight is 521 g/mol. The lowest BCUT2D eigenvalue weighted by Crippen LogP contribution is -2.10. The summed E-state index contributed by atoms with van der Waals surface area (Å²) in [6, 6.07) is 14.9. The van der Waals surface area contributed by atoms with Crippen LogP contribution in [0.15, 0.2) is 60.7 Å². The third-order valence-electron chi connectivity index (χ3n) is 7.37. The number of carboxylic acids is 1. The van der Waals surface area contributed by atoms with Crippen molar-refractivity contribution in [3.05, 3.63) is 89.0 Å². The van der Waals surface area contributed by atoms with Crippen LogP contribution in [0.25, 0.3) is 16.7 Å². The van der Waals surface area contributed by atoms with E-state index < -0.39 is 11.8 Å². The number of ether oxygens (including phenoxy) is 2. The zero-order valence-corrected chi connectivity index (χ0v) is 22.3. The molecule has 1 aliphatic carbocycles. The largest absolute Gasteiger partial charge is 0.497 e. The molecule has 0 radical (unpaired) electrons. The Morgan fingerprint density at radius 1 is 1.00 bits per heavy atom. The fraction of sp³-hybridized carbons (Fsp3) is 0.344. The zero-order chi connectivity index (χ0) is 27.4. The summed E-state index contributed by atoms with van der Waals surface area (Å²) in [5.74, 6) is -1.10. The highest BCUT2D eigenvalue weighted by molar-refractivity contribution is 5.85. The fourth-order valence-electron chi connectivity index (χ4n) is 5.22. The first-order valence-corrected chi connectivity index (χ1v) is 12.9. The van der Waals surface area contributed by atoms with E-state index in [1.54, 1.807) is 25.3 Å². The molecular weight excluding hydrogens is 486 g/mol. The normalized spacial score (nSPS) is 15.2. The molecule has 0 saturated carbocycles. The third-order valence-corrected chi connectivity index (χ3v) is 7.37. The molecule has 4 nitrogen and oxygen atoms in total. The molecule has 0 bridgehead atoms. The lowest BCUT2D eigenvalue weighted by Gasteiger charge is -2.25. The number of hydrogen-bond acceptors (Lipinski definition) is 3. The highest BCUT2D eigenvalue weighted by atomic mass is 19.1. The molecule has 0 unspecified atom stereocenters. The van der Waals surface area contributed by atoms with E-state index in [9.17, 15) is 18.7 Å². The number of aliphatic carboxylic acids is 1. The summed E-state index contributed by atoms with van der Waals surface area (Å²) in [7, 11) is 1.56. The molecule has 200 valence electrons. The first-order valence-electron chi connectivity index (χ1n) is 12.9. The van der Waals surface area contributed by atoms with E-state index in [-0.39, 0.29) is 30.2 Å². The summed E-state index contributed by atoms with van der Waals surface area (Å²) in [4.78, 5) is 11.2. The summed E-state index contributed by atoms with van der Waals surface area (Å²) >= 11 is 0. The van der Waals surface area contributed by atoms with E-state index >= 15 is 0 Å². The maximum absolute atomic E-state index is 15.0. The Kier molecular flexibility index (Phi) is 8.20. The van der Waals surface area contributed by atoms with Crippen molar-refractivity contribution in [3.63, 3.8) is 0 Å². The van der Waals surface area contributed by atoms with E-state index in [0.29, 0.717) is 29.0 Å². The Bertz CT molecular complexity index is 1360. The van der Waals surface area contributed by atoms with Gasteiger partial charge in [-0.15, -0.1) is 0 Å². The summed E-state index contributed by atoms with van der Waals surface area (Å²) in [5, 5.41) is 9.21. The van der Waals surface area contributed by atoms with E-state index in [4.69, 9.17) is 9.47 Å². The lowest BCUT2D eigenvalue weighted by atomic mass is 9.79. The molecule has 1 N–H and O–H groups in total. The van der Waals surface area contributed by atoms with Gasteiger partial charge in [-0.3, -0.25) is 4.79 Å². The van der Waals surface area contributed by atoms with Crippen molar-refractivity contribution >= 4 is 11.5 Å². The Labute approximate surface area is 222 Å². The van der Waals surface area contributed by atoms with Crippen LogP contribution in [0.4, 0.5) is 8.78 Å². The van der Waals surface area contributed by atoms with E-state index in [0.717, 1.165) is 35.1 Å². The predicted octanol–water partition coefficient (Wildman–Crippen LogP) is 8.39. The molecule has 38 heavy (non-hydrogen) atoms. The molecule has 0 fully saturated rings. The molecule has 3 aromatic carbocycles. The molecule has 0 saturated heterocycles.